The predicted octanol–water partition coefficient (Wildman–Crippen LogP) is 1.58. The number of hydrogen-bond donors (Lipinski definition) is 2. The molecule has 0 aliphatic carbocycles. The zero-order valence-corrected chi connectivity index (χ0v) is 12.1. The number of anilines is 1. The van der Waals surface area contributed by atoms with Gasteiger partial charge in [-0.15, -0.1) is 0 Å². The fraction of sp³-hybridized carbons (Fsp3) is 0.571. The van der Waals surface area contributed by atoms with Crippen molar-refractivity contribution in [1.29, 1.82) is 0 Å². The van der Waals surface area contributed by atoms with Gasteiger partial charge in [0.25, 0.3) is 5.91 Å². The van der Waals surface area contributed by atoms with E-state index in [1.54, 1.807) is 6.07 Å². The van der Waals surface area contributed by atoms with Crippen LogP contribution in [-0.2, 0) is 0 Å². The number of amides is 1. The standard InChI is InChI=1S/C14H24N4O/c1-4-9-15-13-8-6-7-12(17-13)14(19)16-10-11-18(3)5-2/h6-8H,4-5,9-11H2,1-3H3,(H,15,17)(H,16,19). The Kier molecular flexibility index (Phi) is 6.89. The molecule has 1 aromatic rings. The Labute approximate surface area is 115 Å². The van der Waals surface area contributed by atoms with Gasteiger partial charge in [-0.05, 0) is 32.1 Å². The van der Waals surface area contributed by atoms with Gasteiger partial charge in [0.1, 0.15) is 11.5 Å². The summed E-state index contributed by atoms with van der Waals surface area (Å²) in [6.45, 7) is 7.50. The molecule has 5 heteroatoms. The summed E-state index contributed by atoms with van der Waals surface area (Å²) in [5.41, 5.74) is 0.459. The molecule has 0 aliphatic heterocycles. The van der Waals surface area contributed by atoms with Crippen LogP contribution in [0.3, 0.4) is 0 Å². The molecular formula is C14H24N4O. The molecule has 5 nitrogen and oxygen atoms in total. The molecule has 0 fully saturated rings. The molecule has 19 heavy (non-hydrogen) atoms. The van der Waals surface area contributed by atoms with E-state index in [0.717, 1.165) is 31.9 Å². The lowest BCUT2D eigenvalue weighted by molar-refractivity contribution is 0.0945. The summed E-state index contributed by atoms with van der Waals surface area (Å²) in [5.74, 6) is 0.629. The molecule has 1 amide bonds. The number of pyridine rings is 1. The summed E-state index contributed by atoms with van der Waals surface area (Å²) in [6.07, 6.45) is 1.03. The van der Waals surface area contributed by atoms with Gasteiger partial charge < -0.3 is 15.5 Å². The largest absolute Gasteiger partial charge is 0.370 e. The predicted molar refractivity (Wildman–Crippen MR) is 78.5 cm³/mol. The Balaban J connectivity index is 2.47. The van der Waals surface area contributed by atoms with Crippen molar-refractivity contribution in [2.45, 2.75) is 20.3 Å². The molecule has 1 aromatic heterocycles. The number of nitrogens with zero attached hydrogens (tertiary/aromatic N) is 2. The van der Waals surface area contributed by atoms with Crippen LogP contribution in [0.15, 0.2) is 18.2 Å². The van der Waals surface area contributed by atoms with Crippen molar-refractivity contribution in [3.05, 3.63) is 23.9 Å². The monoisotopic (exact) mass is 264 g/mol. The summed E-state index contributed by atoms with van der Waals surface area (Å²) in [5, 5.41) is 6.05. The first-order valence-electron chi connectivity index (χ1n) is 6.85. The van der Waals surface area contributed by atoms with Crippen molar-refractivity contribution in [2.75, 3.05) is 38.5 Å². The van der Waals surface area contributed by atoms with Crippen molar-refractivity contribution in [1.82, 2.24) is 15.2 Å². The quantitative estimate of drug-likeness (QED) is 0.748. The first-order valence-corrected chi connectivity index (χ1v) is 6.85. The zero-order valence-electron chi connectivity index (χ0n) is 12.1. The van der Waals surface area contributed by atoms with Crippen LogP contribution in [-0.4, -0.2) is 49.0 Å². The number of carbonyl (C=O) groups excluding carboxylic acids is 1. The molecule has 2 N–H and O–H groups in total. The average molecular weight is 264 g/mol. The number of hydrogen-bond acceptors (Lipinski definition) is 4. The molecule has 0 radical (unpaired) electrons. The Bertz CT molecular complexity index is 395. The van der Waals surface area contributed by atoms with Gasteiger partial charge in [0.15, 0.2) is 0 Å². The Morgan fingerprint density at radius 3 is 2.79 bits per heavy atom. The lowest BCUT2D eigenvalue weighted by atomic mass is 10.3. The third-order valence-corrected chi connectivity index (χ3v) is 2.86. The molecule has 0 unspecified atom stereocenters. The van der Waals surface area contributed by atoms with Crippen LogP contribution < -0.4 is 10.6 Å². The first-order chi connectivity index (χ1) is 9.17. The van der Waals surface area contributed by atoms with Crippen LogP contribution in [0.5, 0.6) is 0 Å². The number of carbonyl (C=O) groups is 1. The van der Waals surface area contributed by atoms with E-state index in [2.05, 4.69) is 34.4 Å². The second kappa shape index (κ2) is 8.48. The lowest BCUT2D eigenvalue weighted by Gasteiger charge is -2.14. The topological polar surface area (TPSA) is 57.3 Å². The van der Waals surface area contributed by atoms with E-state index in [-0.39, 0.29) is 5.91 Å². The Hall–Kier alpha value is -1.62. The highest BCUT2D eigenvalue weighted by Crippen LogP contribution is 2.04. The SMILES string of the molecule is CCCNc1cccc(C(=O)NCCN(C)CC)n1. The van der Waals surface area contributed by atoms with E-state index < -0.39 is 0 Å². The van der Waals surface area contributed by atoms with Crippen LogP contribution in [0.2, 0.25) is 0 Å². The maximum atomic E-state index is 11.9. The molecule has 106 valence electrons. The fourth-order valence-electron chi connectivity index (χ4n) is 1.52. The third-order valence-electron chi connectivity index (χ3n) is 2.86. The highest BCUT2D eigenvalue weighted by Gasteiger charge is 2.07. The van der Waals surface area contributed by atoms with Crippen molar-refractivity contribution in [3.63, 3.8) is 0 Å². The van der Waals surface area contributed by atoms with Crippen LogP contribution in [0.1, 0.15) is 30.8 Å². The maximum Gasteiger partial charge on any atom is 0.270 e. The summed E-state index contributed by atoms with van der Waals surface area (Å²) >= 11 is 0. The van der Waals surface area contributed by atoms with Gasteiger partial charge in [-0.3, -0.25) is 4.79 Å². The van der Waals surface area contributed by atoms with E-state index in [9.17, 15) is 4.79 Å². The molecule has 0 aromatic carbocycles. The second-order valence-electron chi connectivity index (χ2n) is 4.49. The number of nitrogens with one attached hydrogen (secondary N) is 2. The van der Waals surface area contributed by atoms with Crippen LogP contribution in [0.4, 0.5) is 5.82 Å². The van der Waals surface area contributed by atoms with Crippen molar-refractivity contribution in [2.24, 2.45) is 0 Å². The van der Waals surface area contributed by atoms with Gasteiger partial charge >= 0.3 is 0 Å². The van der Waals surface area contributed by atoms with Gasteiger partial charge in [0, 0.05) is 19.6 Å². The normalized spacial score (nSPS) is 10.5. The van der Waals surface area contributed by atoms with E-state index in [4.69, 9.17) is 0 Å². The summed E-state index contributed by atoms with van der Waals surface area (Å²) in [7, 11) is 2.03. The van der Waals surface area contributed by atoms with Crippen LogP contribution >= 0.6 is 0 Å². The summed E-state index contributed by atoms with van der Waals surface area (Å²) < 4.78 is 0. The number of aromatic nitrogens is 1. The Morgan fingerprint density at radius 1 is 1.32 bits per heavy atom. The minimum absolute atomic E-state index is 0.121. The number of rotatable bonds is 8. The van der Waals surface area contributed by atoms with Crippen LogP contribution in [0.25, 0.3) is 0 Å². The van der Waals surface area contributed by atoms with E-state index in [1.165, 1.54) is 0 Å². The smallest absolute Gasteiger partial charge is 0.270 e. The summed E-state index contributed by atoms with van der Waals surface area (Å²) in [6, 6.07) is 5.45. The number of likely N-dealkylation sites (N-methyl/N-ethyl adjacent to an activating group) is 1. The molecule has 0 saturated heterocycles. The molecular weight excluding hydrogens is 240 g/mol. The second-order valence-corrected chi connectivity index (χ2v) is 4.49. The third kappa shape index (κ3) is 5.70. The van der Waals surface area contributed by atoms with E-state index >= 15 is 0 Å². The van der Waals surface area contributed by atoms with Gasteiger partial charge in [-0.2, -0.15) is 0 Å². The van der Waals surface area contributed by atoms with Crippen LogP contribution in [0, 0.1) is 0 Å². The van der Waals surface area contributed by atoms with Crippen molar-refractivity contribution < 1.29 is 4.79 Å². The van der Waals surface area contributed by atoms with Gasteiger partial charge in [0.2, 0.25) is 0 Å². The van der Waals surface area contributed by atoms with Crippen molar-refractivity contribution >= 4 is 11.7 Å². The molecule has 0 atom stereocenters. The highest BCUT2D eigenvalue weighted by atomic mass is 16.1. The molecule has 0 saturated carbocycles. The molecule has 0 spiro atoms. The first kappa shape index (κ1) is 15.4. The highest BCUT2D eigenvalue weighted by molar-refractivity contribution is 5.92. The summed E-state index contributed by atoms with van der Waals surface area (Å²) in [4.78, 5) is 18.4. The van der Waals surface area contributed by atoms with E-state index in [1.807, 2.05) is 19.2 Å². The molecule has 1 rings (SSSR count). The zero-order chi connectivity index (χ0) is 14.1. The minimum Gasteiger partial charge on any atom is -0.370 e. The minimum atomic E-state index is -0.121. The Morgan fingerprint density at radius 2 is 2.11 bits per heavy atom. The van der Waals surface area contributed by atoms with Crippen molar-refractivity contribution in [3.8, 4) is 0 Å². The molecule has 0 aliphatic rings. The maximum absolute atomic E-state index is 11.9. The van der Waals surface area contributed by atoms with Gasteiger partial charge in [-0.1, -0.05) is 19.9 Å². The lowest BCUT2D eigenvalue weighted by Crippen LogP contribution is -2.33. The molecule has 1 heterocycles. The van der Waals surface area contributed by atoms with Gasteiger partial charge in [-0.25, -0.2) is 4.98 Å². The van der Waals surface area contributed by atoms with Gasteiger partial charge in [0.05, 0.1) is 0 Å². The molecule has 0 bridgehead atoms. The fourth-order valence-corrected chi connectivity index (χ4v) is 1.52. The average Bonchev–Trinajstić information content (AvgIpc) is 2.45. The van der Waals surface area contributed by atoms with E-state index in [0.29, 0.717) is 12.2 Å².